The van der Waals surface area contributed by atoms with Crippen molar-refractivity contribution >= 4 is 17.5 Å². The zero-order valence-electron chi connectivity index (χ0n) is 13.4. The van der Waals surface area contributed by atoms with Crippen molar-refractivity contribution in [3.05, 3.63) is 64.7 Å². The van der Waals surface area contributed by atoms with Gasteiger partial charge in [0.25, 0.3) is 5.91 Å². The number of halogens is 1. The lowest BCUT2D eigenvalue weighted by atomic mass is 9.81. The largest absolute Gasteiger partial charge is 0.492 e. The fraction of sp³-hybridized carbons (Fsp3) is 0.316. The maximum Gasteiger partial charge on any atom is 0.252 e. The predicted molar refractivity (Wildman–Crippen MR) is 95.6 cm³/mol. The number of benzene rings is 2. The van der Waals surface area contributed by atoms with Crippen LogP contribution in [0, 0.1) is 5.92 Å². The molecule has 2 unspecified atom stereocenters. The second kappa shape index (κ2) is 7.69. The van der Waals surface area contributed by atoms with E-state index in [9.17, 15) is 4.79 Å². The fourth-order valence-electron chi connectivity index (χ4n) is 3.25. The molecule has 2 atom stereocenters. The van der Waals surface area contributed by atoms with E-state index >= 15 is 0 Å². The zero-order chi connectivity index (χ0) is 16.9. The Balaban J connectivity index is 1.74. The Morgan fingerprint density at radius 1 is 1.25 bits per heavy atom. The van der Waals surface area contributed by atoms with Gasteiger partial charge in [-0.05, 0) is 42.6 Å². The van der Waals surface area contributed by atoms with Gasteiger partial charge in [0.05, 0.1) is 12.2 Å². The van der Waals surface area contributed by atoms with Crippen molar-refractivity contribution in [2.24, 2.45) is 11.7 Å². The van der Waals surface area contributed by atoms with Crippen LogP contribution in [0.4, 0.5) is 0 Å². The normalized spacial score (nSPS) is 20.5. The number of rotatable bonds is 5. The minimum Gasteiger partial charge on any atom is -0.492 e. The number of amides is 1. The lowest BCUT2D eigenvalue weighted by Gasteiger charge is -2.32. The average molecular weight is 345 g/mol. The smallest absolute Gasteiger partial charge is 0.252 e. The van der Waals surface area contributed by atoms with Crippen LogP contribution in [0.1, 0.15) is 28.3 Å². The van der Waals surface area contributed by atoms with Crippen molar-refractivity contribution in [3.63, 3.8) is 0 Å². The van der Waals surface area contributed by atoms with Gasteiger partial charge in [-0.25, -0.2) is 0 Å². The van der Waals surface area contributed by atoms with Gasteiger partial charge in [0.15, 0.2) is 0 Å². The summed E-state index contributed by atoms with van der Waals surface area (Å²) in [6.45, 7) is 2.41. The number of piperidine rings is 1. The molecule has 3 N–H and O–H groups in total. The molecule has 1 saturated heterocycles. The Labute approximate surface area is 147 Å². The highest BCUT2D eigenvalue weighted by Gasteiger charge is 2.27. The Morgan fingerprint density at radius 3 is 2.79 bits per heavy atom. The highest BCUT2D eigenvalue weighted by molar-refractivity contribution is 6.31. The van der Waals surface area contributed by atoms with E-state index < -0.39 is 5.91 Å². The second-order valence-electron chi connectivity index (χ2n) is 6.09. The predicted octanol–water partition coefficient (Wildman–Crippen LogP) is 3.21. The van der Waals surface area contributed by atoms with E-state index in [1.54, 1.807) is 18.2 Å². The first-order valence-corrected chi connectivity index (χ1v) is 8.51. The molecule has 5 heteroatoms. The zero-order valence-corrected chi connectivity index (χ0v) is 14.1. The Kier molecular flexibility index (Phi) is 5.38. The van der Waals surface area contributed by atoms with Crippen molar-refractivity contribution in [3.8, 4) is 5.75 Å². The maximum atomic E-state index is 11.6. The summed E-state index contributed by atoms with van der Waals surface area (Å²) >= 11 is 5.94. The van der Waals surface area contributed by atoms with Gasteiger partial charge in [-0.1, -0.05) is 41.9 Å². The van der Waals surface area contributed by atoms with Gasteiger partial charge in [-0.2, -0.15) is 0 Å². The van der Waals surface area contributed by atoms with E-state index in [1.165, 1.54) is 5.56 Å². The van der Waals surface area contributed by atoms with Crippen LogP contribution in [0.25, 0.3) is 0 Å². The van der Waals surface area contributed by atoms with Crippen LogP contribution in [-0.4, -0.2) is 25.6 Å². The standard InChI is InChI=1S/C19H21ClN2O2/c20-15-6-7-18(17(10-15)19(21)23)24-12-14-11-22-9-8-16(14)13-4-2-1-3-5-13/h1-7,10,14,16,22H,8-9,11-12H2,(H2,21,23). The first-order valence-electron chi connectivity index (χ1n) is 8.13. The molecule has 2 aromatic rings. The molecule has 0 aromatic heterocycles. The number of ether oxygens (including phenoxy) is 1. The summed E-state index contributed by atoms with van der Waals surface area (Å²) in [5, 5.41) is 3.89. The molecule has 0 bridgehead atoms. The van der Waals surface area contributed by atoms with Gasteiger partial charge in [0.1, 0.15) is 5.75 Å². The highest BCUT2D eigenvalue weighted by Crippen LogP contribution is 2.31. The molecule has 1 amide bonds. The van der Waals surface area contributed by atoms with Crippen LogP contribution in [0.5, 0.6) is 5.75 Å². The van der Waals surface area contributed by atoms with Crippen molar-refractivity contribution in [1.82, 2.24) is 5.32 Å². The fourth-order valence-corrected chi connectivity index (χ4v) is 3.43. The number of hydrogen-bond donors (Lipinski definition) is 2. The van der Waals surface area contributed by atoms with Gasteiger partial charge in [-0.3, -0.25) is 4.79 Å². The van der Waals surface area contributed by atoms with Gasteiger partial charge in [0.2, 0.25) is 0 Å². The minimum atomic E-state index is -0.533. The summed E-state index contributed by atoms with van der Waals surface area (Å²) in [6, 6.07) is 15.5. The van der Waals surface area contributed by atoms with Crippen molar-refractivity contribution in [2.75, 3.05) is 19.7 Å². The van der Waals surface area contributed by atoms with Crippen LogP contribution in [-0.2, 0) is 0 Å². The molecule has 1 fully saturated rings. The topological polar surface area (TPSA) is 64.4 Å². The summed E-state index contributed by atoms with van der Waals surface area (Å²) in [6.07, 6.45) is 1.07. The highest BCUT2D eigenvalue weighted by atomic mass is 35.5. The Morgan fingerprint density at radius 2 is 2.04 bits per heavy atom. The number of nitrogens with one attached hydrogen (secondary N) is 1. The number of primary amides is 1. The number of carbonyl (C=O) groups excluding carboxylic acids is 1. The third kappa shape index (κ3) is 3.89. The van der Waals surface area contributed by atoms with E-state index in [-0.39, 0.29) is 0 Å². The molecule has 2 aromatic carbocycles. The molecule has 3 rings (SSSR count). The van der Waals surface area contributed by atoms with E-state index in [2.05, 4.69) is 29.6 Å². The lowest BCUT2D eigenvalue weighted by molar-refractivity contribution is 0.0994. The van der Waals surface area contributed by atoms with Gasteiger partial charge < -0.3 is 15.8 Å². The minimum absolute atomic E-state index is 0.322. The quantitative estimate of drug-likeness (QED) is 0.875. The van der Waals surface area contributed by atoms with Crippen LogP contribution in [0.15, 0.2) is 48.5 Å². The molecule has 1 heterocycles. The van der Waals surface area contributed by atoms with E-state index in [0.29, 0.717) is 34.8 Å². The summed E-state index contributed by atoms with van der Waals surface area (Å²) in [5.41, 5.74) is 7.07. The molecule has 0 radical (unpaired) electrons. The first-order chi connectivity index (χ1) is 11.6. The summed E-state index contributed by atoms with van der Waals surface area (Å²) in [5.74, 6) is 0.729. The van der Waals surface area contributed by atoms with Gasteiger partial charge in [0, 0.05) is 17.5 Å². The average Bonchev–Trinajstić information content (AvgIpc) is 2.61. The van der Waals surface area contributed by atoms with Crippen molar-refractivity contribution < 1.29 is 9.53 Å². The lowest BCUT2D eigenvalue weighted by Crippen LogP contribution is -2.38. The number of carbonyl (C=O) groups is 1. The molecule has 126 valence electrons. The van der Waals surface area contributed by atoms with Gasteiger partial charge >= 0.3 is 0 Å². The van der Waals surface area contributed by atoms with Crippen molar-refractivity contribution in [2.45, 2.75) is 12.3 Å². The second-order valence-corrected chi connectivity index (χ2v) is 6.52. The number of nitrogens with two attached hydrogens (primary N) is 1. The third-order valence-electron chi connectivity index (χ3n) is 4.50. The summed E-state index contributed by atoms with van der Waals surface area (Å²) < 4.78 is 5.95. The summed E-state index contributed by atoms with van der Waals surface area (Å²) in [7, 11) is 0. The summed E-state index contributed by atoms with van der Waals surface area (Å²) in [4.78, 5) is 11.6. The van der Waals surface area contributed by atoms with Crippen LogP contribution in [0.3, 0.4) is 0 Å². The van der Waals surface area contributed by atoms with Crippen LogP contribution < -0.4 is 15.8 Å². The first kappa shape index (κ1) is 16.8. The molecule has 1 aliphatic rings. The van der Waals surface area contributed by atoms with E-state index in [4.69, 9.17) is 22.1 Å². The van der Waals surface area contributed by atoms with E-state index in [0.717, 1.165) is 19.5 Å². The monoisotopic (exact) mass is 344 g/mol. The van der Waals surface area contributed by atoms with Crippen molar-refractivity contribution in [1.29, 1.82) is 0 Å². The third-order valence-corrected chi connectivity index (χ3v) is 4.73. The van der Waals surface area contributed by atoms with Crippen LogP contribution >= 0.6 is 11.6 Å². The molecule has 0 saturated carbocycles. The van der Waals surface area contributed by atoms with E-state index in [1.807, 2.05) is 6.07 Å². The van der Waals surface area contributed by atoms with Gasteiger partial charge in [-0.15, -0.1) is 0 Å². The van der Waals surface area contributed by atoms with Crippen LogP contribution in [0.2, 0.25) is 5.02 Å². The molecule has 0 aliphatic carbocycles. The molecular weight excluding hydrogens is 324 g/mol. The Hall–Kier alpha value is -2.04. The Bertz CT molecular complexity index is 706. The molecular formula is C19H21ClN2O2. The molecule has 1 aliphatic heterocycles. The molecule has 24 heavy (non-hydrogen) atoms. The SMILES string of the molecule is NC(=O)c1cc(Cl)ccc1OCC1CNCCC1c1ccccc1. The maximum absolute atomic E-state index is 11.6. The molecule has 0 spiro atoms. The number of hydrogen-bond acceptors (Lipinski definition) is 3. The molecule has 4 nitrogen and oxygen atoms in total.